The van der Waals surface area contributed by atoms with Crippen LogP contribution in [0.4, 0.5) is 8.63 Å². The molecule has 2 aromatic heterocycles. The maximum Gasteiger partial charge on any atom is 0.737 e. The fourth-order valence-electron chi connectivity index (χ4n) is 6.64. The third-order valence-electron chi connectivity index (χ3n) is 8.46. The van der Waals surface area contributed by atoms with Gasteiger partial charge in [0.05, 0.1) is 11.8 Å². The molecule has 4 heterocycles. The zero-order valence-corrected chi connectivity index (χ0v) is 28.0. The van der Waals surface area contributed by atoms with Crippen LogP contribution in [0.3, 0.4) is 0 Å². The summed E-state index contributed by atoms with van der Waals surface area (Å²) in [6, 6.07) is 16.2. The Kier molecular flexibility index (Phi) is 7.36. The Hall–Kier alpha value is -2.61. The molecule has 0 spiro atoms. The number of hydrogen-bond acceptors (Lipinski definition) is 2. The average molecular weight is 775 g/mol. The van der Waals surface area contributed by atoms with Crippen molar-refractivity contribution in [2.24, 2.45) is 0 Å². The van der Waals surface area contributed by atoms with Gasteiger partial charge in [0.15, 0.2) is 11.4 Å². The lowest BCUT2D eigenvalue weighted by atomic mass is 9.83. The lowest BCUT2D eigenvalue weighted by Gasteiger charge is -2.34. The van der Waals surface area contributed by atoms with E-state index in [2.05, 4.69) is 67.6 Å². The number of aromatic nitrogens is 4. The van der Waals surface area contributed by atoms with Gasteiger partial charge in [-0.25, -0.2) is 4.68 Å². The van der Waals surface area contributed by atoms with Crippen molar-refractivity contribution in [2.45, 2.75) is 54.0 Å². The fourth-order valence-corrected chi connectivity index (χ4v) is 7.36. The van der Waals surface area contributed by atoms with Gasteiger partial charge in [0.2, 0.25) is 0 Å². The predicted octanol–water partition coefficient (Wildman–Crippen LogP) is 8.02. The number of nitrogens with zero attached hydrogens (tertiary/aromatic N) is 5. The van der Waals surface area contributed by atoms with Gasteiger partial charge in [0.1, 0.15) is 12.2 Å². The molecule has 0 unspecified atom stereocenters. The van der Waals surface area contributed by atoms with Gasteiger partial charge in [0, 0.05) is 29.5 Å². The van der Waals surface area contributed by atoms with Gasteiger partial charge in [-0.05, 0) is 125 Å². The van der Waals surface area contributed by atoms with Crippen LogP contribution in [-0.4, -0.2) is 36.6 Å². The molecule has 4 aromatic rings. The summed E-state index contributed by atoms with van der Waals surface area (Å²) in [5, 5.41) is 8.75. The molecule has 6 rings (SSSR count). The van der Waals surface area contributed by atoms with E-state index in [9.17, 15) is 0 Å². The first-order valence-corrected chi connectivity index (χ1v) is 16.0. The molecule has 2 aliphatic rings. The van der Waals surface area contributed by atoms with Crippen LogP contribution in [0.1, 0.15) is 55.3 Å². The Morgan fingerprint density at radius 2 is 1.49 bits per heavy atom. The minimum Gasteiger partial charge on any atom is -0.393 e. The molecule has 0 amide bonds. The minimum absolute atomic E-state index is 0.202. The molecule has 5 nitrogen and oxygen atoms in total. The van der Waals surface area contributed by atoms with Crippen LogP contribution in [-0.2, 0) is 13.0 Å². The third-order valence-corrected chi connectivity index (χ3v) is 9.90. The van der Waals surface area contributed by atoms with Crippen molar-refractivity contribution in [3.63, 3.8) is 0 Å². The summed E-state index contributed by atoms with van der Waals surface area (Å²) in [6.07, 6.45) is 3.18. The Morgan fingerprint density at radius 3 is 2.07 bits per heavy atom. The van der Waals surface area contributed by atoms with Crippen molar-refractivity contribution in [1.29, 1.82) is 0 Å². The molecule has 0 saturated heterocycles. The average Bonchev–Trinajstić information content (AvgIpc) is 3.59. The topological polar surface area (TPSA) is 38.6 Å². The monoisotopic (exact) mass is 775 g/mol. The van der Waals surface area contributed by atoms with E-state index in [4.69, 9.17) is 0 Å². The van der Waals surface area contributed by atoms with Crippen molar-refractivity contribution in [1.82, 2.24) is 19.5 Å². The minimum atomic E-state index is -4.17. The normalized spacial score (nSPS) is 16.1. The molecule has 41 heavy (non-hydrogen) atoms. The summed E-state index contributed by atoms with van der Waals surface area (Å²) in [5.74, 6) is 0. The van der Waals surface area contributed by atoms with Gasteiger partial charge in [-0.3, -0.25) is 0 Å². The highest BCUT2D eigenvalue weighted by Crippen LogP contribution is 2.47. The summed E-state index contributed by atoms with van der Waals surface area (Å²) >= 11 is 4.55. The third kappa shape index (κ3) is 4.47. The van der Waals surface area contributed by atoms with E-state index in [1.54, 1.807) is 4.68 Å². The van der Waals surface area contributed by atoms with Crippen LogP contribution in [0.2, 0.25) is 0 Å². The zero-order chi connectivity index (χ0) is 29.2. The van der Waals surface area contributed by atoms with Gasteiger partial charge in [-0.2, -0.15) is 0 Å². The van der Waals surface area contributed by atoms with E-state index in [1.165, 1.54) is 8.96 Å². The maximum atomic E-state index is 17.1. The summed E-state index contributed by atoms with van der Waals surface area (Å²) in [5.41, 5.74) is 9.70. The SMILES string of the molecule is CCC1=C(C)C2=C(c3ccc(I)cc3)c3c(C)c(CC)c(C)n3[B-](F)(F)[N+]2=C1Cn1cc(-c2ccc(I)cc2)nn1. The molecular formula is C31H30BF2I2N5. The van der Waals surface area contributed by atoms with Gasteiger partial charge in [-0.1, -0.05) is 43.3 Å². The van der Waals surface area contributed by atoms with E-state index in [0.29, 0.717) is 35.6 Å². The molecule has 210 valence electrons. The van der Waals surface area contributed by atoms with E-state index < -0.39 is 6.97 Å². The summed E-state index contributed by atoms with van der Waals surface area (Å²) in [6.45, 7) is 5.94. The number of halogens is 4. The van der Waals surface area contributed by atoms with Crippen LogP contribution >= 0.6 is 45.2 Å². The fraction of sp³-hybridized carbons (Fsp3) is 0.258. The van der Waals surface area contributed by atoms with E-state index in [1.807, 2.05) is 77.2 Å². The van der Waals surface area contributed by atoms with Gasteiger partial charge in [0.25, 0.3) is 0 Å². The lowest BCUT2D eigenvalue weighted by Crippen LogP contribution is -2.52. The number of fused-ring (bicyclic) bond motifs is 2. The van der Waals surface area contributed by atoms with E-state index >= 15 is 8.63 Å². The molecule has 0 radical (unpaired) electrons. The lowest BCUT2D eigenvalue weighted by molar-refractivity contribution is -0.365. The first-order chi connectivity index (χ1) is 19.6. The van der Waals surface area contributed by atoms with Gasteiger partial charge >= 0.3 is 6.97 Å². The maximum absolute atomic E-state index is 17.1. The molecule has 10 heteroatoms. The highest BCUT2D eigenvalue weighted by atomic mass is 127. The second-order valence-corrected chi connectivity index (χ2v) is 13.2. The molecular weight excluding hydrogens is 745 g/mol. The van der Waals surface area contributed by atoms with Crippen molar-refractivity contribution >= 4 is 63.4 Å². The van der Waals surface area contributed by atoms with Gasteiger partial charge in [-0.15, -0.1) is 5.10 Å². The van der Waals surface area contributed by atoms with Crippen molar-refractivity contribution in [2.75, 3.05) is 0 Å². The second kappa shape index (κ2) is 10.6. The van der Waals surface area contributed by atoms with Crippen LogP contribution in [0.5, 0.6) is 0 Å². The second-order valence-electron chi connectivity index (χ2n) is 10.7. The Morgan fingerprint density at radius 1 is 0.878 bits per heavy atom. The van der Waals surface area contributed by atoms with E-state index in [0.717, 1.165) is 51.8 Å². The molecule has 0 bridgehead atoms. The van der Waals surface area contributed by atoms with Gasteiger partial charge < -0.3 is 17.6 Å². The van der Waals surface area contributed by atoms with Crippen LogP contribution in [0, 0.1) is 21.0 Å². The first-order valence-electron chi connectivity index (χ1n) is 13.8. The van der Waals surface area contributed by atoms with Crippen LogP contribution in [0.15, 0.2) is 71.6 Å². The summed E-state index contributed by atoms with van der Waals surface area (Å²) in [4.78, 5) is 0. The zero-order valence-electron chi connectivity index (χ0n) is 23.6. The number of allylic oxidation sites excluding steroid dienone is 2. The predicted molar refractivity (Wildman–Crippen MR) is 178 cm³/mol. The highest BCUT2D eigenvalue weighted by Gasteiger charge is 2.57. The van der Waals surface area contributed by atoms with E-state index in [-0.39, 0.29) is 6.54 Å². The molecule has 2 aromatic carbocycles. The standard InChI is InChI=1S/C31H30BF2I2N5/c1-6-25-18(3)30-29(22-10-14-24(36)15-11-22)31-19(4)26(7-2)28(41(31)32(33,34)40(30)20(25)5)17-39-16-27(37-38-39)21-8-12-23(35)13-9-21/h8-16H,6-7,17H2,1-5H3. The molecule has 0 N–H and O–H groups in total. The molecule has 2 aliphatic heterocycles. The highest BCUT2D eigenvalue weighted by molar-refractivity contribution is 14.1. The first kappa shape index (κ1) is 28.5. The quantitative estimate of drug-likeness (QED) is 0.147. The summed E-state index contributed by atoms with van der Waals surface area (Å²) < 4.78 is 40.7. The molecule has 0 fully saturated rings. The molecule has 0 aliphatic carbocycles. The van der Waals surface area contributed by atoms with Crippen molar-refractivity contribution in [3.8, 4) is 11.3 Å². The number of rotatable bonds is 6. The number of benzene rings is 2. The van der Waals surface area contributed by atoms with Crippen LogP contribution in [0.25, 0.3) is 16.8 Å². The number of hydrogen-bond donors (Lipinski definition) is 0. The summed E-state index contributed by atoms with van der Waals surface area (Å²) in [7, 11) is 0. The molecule has 0 saturated carbocycles. The Labute approximate surface area is 266 Å². The Bertz CT molecular complexity index is 1790. The molecule has 0 atom stereocenters. The van der Waals surface area contributed by atoms with Crippen molar-refractivity contribution < 1.29 is 13.1 Å². The van der Waals surface area contributed by atoms with Crippen LogP contribution < -0.4 is 0 Å². The smallest absolute Gasteiger partial charge is 0.393 e. The Balaban J connectivity index is 1.61. The van der Waals surface area contributed by atoms with Crippen molar-refractivity contribution in [3.05, 3.63) is 107 Å². The largest absolute Gasteiger partial charge is 0.737 e.